The van der Waals surface area contributed by atoms with Crippen molar-refractivity contribution in [2.75, 3.05) is 7.05 Å². The number of carbonyl (C=O) groups excluding carboxylic acids is 3. The molecule has 1 N–H and O–H groups in total. The summed E-state index contributed by atoms with van der Waals surface area (Å²) in [6.45, 7) is 93.9. The Balaban J connectivity index is -0.000000116. The van der Waals surface area contributed by atoms with Crippen molar-refractivity contribution in [3.8, 4) is 11.8 Å². The lowest BCUT2D eigenvalue weighted by Crippen LogP contribution is -2.40. The molecule has 0 aliphatic carbocycles. The summed E-state index contributed by atoms with van der Waals surface area (Å²) >= 11 is 2.01. The zero-order chi connectivity index (χ0) is 74.2. The lowest BCUT2D eigenvalue weighted by Gasteiger charge is -2.28. The highest BCUT2D eigenvalue weighted by atomic mass is 32.2. The second kappa shape index (κ2) is 56.3. The topological polar surface area (TPSA) is 116 Å². The van der Waals surface area contributed by atoms with Crippen molar-refractivity contribution in [2.24, 2.45) is 62.6 Å². The minimum Gasteiger partial charge on any atom is -0.463 e. The minimum atomic E-state index is -0.371. The van der Waals surface area contributed by atoms with Crippen LogP contribution in [-0.2, 0) is 23.9 Å². The summed E-state index contributed by atoms with van der Waals surface area (Å²) in [5.74, 6) is 10.9. The van der Waals surface area contributed by atoms with Gasteiger partial charge in [-0.2, -0.15) is 11.8 Å². The minimum absolute atomic E-state index is 0.00766. The first-order valence-electron chi connectivity index (χ1n) is 34.8. The third-order valence-electron chi connectivity index (χ3n) is 10.5. The molecule has 0 aromatic carbocycles. The Labute approximate surface area is 570 Å². The van der Waals surface area contributed by atoms with Gasteiger partial charge >= 0.3 is 5.97 Å². The van der Waals surface area contributed by atoms with Gasteiger partial charge in [0.05, 0.1) is 29.4 Å². The fourth-order valence-corrected chi connectivity index (χ4v) is 6.60. The summed E-state index contributed by atoms with van der Waals surface area (Å²) in [6, 6.07) is 0.948. The number of hydrogen-bond donors (Lipinski definition) is 1. The van der Waals surface area contributed by atoms with Gasteiger partial charge in [-0.3, -0.25) is 14.4 Å². The molecule has 540 valence electrons. The maximum Gasteiger partial charge on any atom is 0.311 e. The lowest BCUT2D eigenvalue weighted by molar-refractivity contribution is -0.156. The van der Waals surface area contributed by atoms with Gasteiger partial charge in [-0.15, -0.1) is 16.9 Å². The predicted molar refractivity (Wildman–Crippen MR) is 408 cm³/mol. The van der Waals surface area contributed by atoms with E-state index in [1.165, 1.54) is 12.8 Å². The number of hydrogen-bond acceptors (Lipinski definition) is 8. The van der Waals surface area contributed by atoms with Crippen LogP contribution in [-0.4, -0.2) is 85.6 Å². The Bertz CT molecular complexity index is 1830. The number of nitrogens with one attached hydrogen (secondary N) is 1. The normalized spacial score (nSPS) is 11.7. The van der Waals surface area contributed by atoms with E-state index in [2.05, 4.69) is 232 Å². The monoisotopic (exact) mass is 1290 g/mol. The van der Waals surface area contributed by atoms with Crippen LogP contribution in [0.5, 0.6) is 0 Å². The third-order valence-corrected chi connectivity index (χ3v) is 11.6. The highest BCUT2D eigenvalue weighted by Crippen LogP contribution is 2.23. The van der Waals surface area contributed by atoms with Crippen LogP contribution in [0, 0.1) is 74.4 Å². The quantitative estimate of drug-likeness (QED) is 0.111. The molecule has 0 unspecified atom stereocenters. The predicted octanol–water partition coefficient (Wildman–Crippen LogP) is 23.6. The van der Waals surface area contributed by atoms with Crippen molar-refractivity contribution in [1.82, 2.24) is 25.2 Å². The van der Waals surface area contributed by atoms with Gasteiger partial charge in [0.1, 0.15) is 0 Å². The van der Waals surface area contributed by atoms with Crippen LogP contribution < -0.4 is 5.32 Å². The summed E-state index contributed by atoms with van der Waals surface area (Å²) in [7, 11) is 1.85. The highest BCUT2D eigenvalue weighted by Gasteiger charge is 2.26. The fourth-order valence-electron chi connectivity index (χ4n) is 5.51. The molecule has 0 spiro atoms. The van der Waals surface area contributed by atoms with Crippen LogP contribution in [0.4, 0.5) is 0 Å². The molecule has 0 radical (unpaired) electrons. The number of ether oxygens (including phenoxy) is 2. The molecule has 1 aromatic heterocycles. The molecular weight excluding hydrogens is 1130 g/mol. The van der Waals surface area contributed by atoms with E-state index in [4.69, 9.17) is 9.47 Å². The summed E-state index contributed by atoms with van der Waals surface area (Å²) < 4.78 is 12.1. The van der Waals surface area contributed by atoms with Crippen molar-refractivity contribution >= 4 is 29.5 Å². The maximum absolute atomic E-state index is 11.5. The molecule has 0 saturated carbocycles. The van der Waals surface area contributed by atoms with Crippen molar-refractivity contribution < 1.29 is 23.9 Å². The second-order valence-electron chi connectivity index (χ2n) is 33.6. The van der Waals surface area contributed by atoms with E-state index in [-0.39, 0.29) is 46.2 Å². The summed E-state index contributed by atoms with van der Waals surface area (Å²) in [5, 5.41) is 12.5. The Hall–Kier alpha value is -3.10. The summed E-state index contributed by atoms with van der Waals surface area (Å²) in [6.07, 6.45) is 14.5. The Morgan fingerprint density at radius 2 is 0.933 bits per heavy atom. The number of esters is 1. The molecule has 0 aliphatic rings. The first-order valence-corrected chi connectivity index (χ1v) is 35.7. The SMILES string of the molecule is CC(C)/C=C/C(C)(C)C.CC(C)/C=C\C(C)C.CC(C)C#CC(C)C.CC(C)CCC(C)(C)C.CC(C)N(C)C(=O)C(C)(C)C.CC(C)NC(=O)C(C)(C)C.CC(C)OC(=O)C(C)(C)C.CC(C)OC(C)C.CC(C)SC(C)C.CC(C)c1cn(C(C)C)nn1. The van der Waals surface area contributed by atoms with Gasteiger partial charge in [0.2, 0.25) is 11.8 Å². The largest absolute Gasteiger partial charge is 0.463 e. The molecule has 90 heavy (non-hydrogen) atoms. The van der Waals surface area contributed by atoms with E-state index in [9.17, 15) is 14.4 Å². The fraction of sp³-hybridized carbons (Fsp3) is 0.861. The number of carbonyl (C=O) groups is 3. The first kappa shape index (κ1) is 106. The number of nitrogens with zero attached hydrogens (tertiary/aromatic N) is 4. The number of aromatic nitrogens is 3. The van der Waals surface area contributed by atoms with Crippen LogP contribution in [0.15, 0.2) is 30.5 Å². The van der Waals surface area contributed by atoms with Crippen molar-refractivity contribution in [2.45, 2.75) is 377 Å². The van der Waals surface area contributed by atoms with E-state index >= 15 is 0 Å². The number of rotatable bonds is 14. The molecule has 1 rings (SSSR count). The second-order valence-corrected chi connectivity index (χ2v) is 35.8. The molecule has 11 heteroatoms. The van der Waals surface area contributed by atoms with E-state index in [0.717, 1.165) is 22.1 Å². The summed E-state index contributed by atoms with van der Waals surface area (Å²) in [4.78, 5) is 35.5. The van der Waals surface area contributed by atoms with Gasteiger partial charge in [-0.25, -0.2) is 4.68 Å². The third kappa shape index (κ3) is 98.5. The van der Waals surface area contributed by atoms with Gasteiger partial charge in [0, 0.05) is 54.0 Å². The molecule has 0 atom stereocenters. The molecule has 0 bridgehead atoms. The van der Waals surface area contributed by atoms with E-state index in [1.807, 2.05) is 161 Å². The van der Waals surface area contributed by atoms with Crippen molar-refractivity contribution in [3.63, 3.8) is 0 Å². The lowest BCUT2D eigenvalue weighted by atomic mass is 9.88. The molecule has 2 amide bonds. The molecular formula is C79H163N5O5S. The first-order chi connectivity index (χ1) is 39.9. The van der Waals surface area contributed by atoms with Crippen molar-refractivity contribution in [3.05, 3.63) is 36.2 Å². The van der Waals surface area contributed by atoms with Gasteiger partial charge in [0.15, 0.2) is 0 Å². The van der Waals surface area contributed by atoms with E-state index in [1.54, 1.807) is 4.90 Å². The number of amides is 2. The molecule has 1 heterocycles. The average Bonchev–Trinajstić information content (AvgIpc) is 2.09. The zero-order valence-corrected chi connectivity index (χ0v) is 70.0. The van der Waals surface area contributed by atoms with Crippen LogP contribution in [0.3, 0.4) is 0 Å². The Morgan fingerprint density at radius 3 is 1.04 bits per heavy atom. The van der Waals surface area contributed by atoms with E-state index < -0.39 is 0 Å². The standard InChI is InChI=1S/C9H19NO.C9H20.C9H18.C8H15N3.C8H17NO.C8H16O2.C8H16.C8H14.C6H14O.C6H14S/c1-7(2)10(6)8(11)9(3,4)5;2*1-8(2)6-7-9(3,4)5;1-6(2)8-5-11(7(3)4)10-9-8;1-6(2)9-7(10)8(3,4)5;1-6(2)10-7(9)8(3,4)5;2*1-7(2)5-6-8(3)4;2*1-5(2)7-6(3)4/h7H,1-6H3;8H,6-7H2,1-5H3;6-8H,1-5H3;5-7H,1-4H3;6H,1-5H3,(H,9,10);6H,1-5H3;5-8H,1-4H3;7-8H,1-4H3;2*5-6H,1-4H3/b;;7-6+;;;;6-5-;;;. The smallest absolute Gasteiger partial charge is 0.311 e. The molecule has 0 fully saturated rings. The highest BCUT2D eigenvalue weighted by molar-refractivity contribution is 8.00. The molecule has 10 nitrogen and oxygen atoms in total. The number of allylic oxidation sites excluding steroid dienone is 4. The Kier molecular flexibility index (Phi) is 66.1. The summed E-state index contributed by atoms with van der Waals surface area (Å²) in [5.41, 5.74) is 1.07. The molecule has 1 aromatic rings. The van der Waals surface area contributed by atoms with Gasteiger partial charge in [-0.1, -0.05) is 244 Å². The maximum atomic E-state index is 11.5. The molecule has 0 aliphatic heterocycles. The van der Waals surface area contributed by atoms with Crippen LogP contribution in [0.2, 0.25) is 0 Å². The van der Waals surface area contributed by atoms with Gasteiger partial charge in [0.25, 0.3) is 0 Å². The van der Waals surface area contributed by atoms with Crippen LogP contribution >= 0.6 is 11.8 Å². The van der Waals surface area contributed by atoms with E-state index in [0.29, 0.717) is 70.6 Å². The van der Waals surface area contributed by atoms with Crippen molar-refractivity contribution in [1.29, 1.82) is 0 Å². The average molecular weight is 1300 g/mol. The molecule has 0 saturated heterocycles. The van der Waals surface area contributed by atoms with Crippen LogP contribution in [0.1, 0.15) is 342 Å². The van der Waals surface area contributed by atoms with Crippen LogP contribution in [0.25, 0.3) is 0 Å². The van der Waals surface area contributed by atoms with Gasteiger partial charge in [-0.05, 0) is 161 Å². The Morgan fingerprint density at radius 1 is 0.556 bits per heavy atom. The zero-order valence-electron chi connectivity index (χ0n) is 69.2. The van der Waals surface area contributed by atoms with Gasteiger partial charge < -0.3 is 19.7 Å². The number of thioether (sulfide) groups is 1.